The van der Waals surface area contributed by atoms with Crippen molar-refractivity contribution in [3.8, 4) is 0 Å². The fraction of sp³-hybridized carbons (Fsp3) is 0.167. The van der Waals surface area contributed by atoms with Crippen molar-refractivity contribution in [1.82, 2.24) is 5.32 Å². The van der Waals surface area contributed by atoms with E-state index in [9.17, 15) is 0 Å². The van der Waals surface area contributed by atoms with E-state index in [-0.39, 0.29) is 12.4 Å². The molecule has 4 heteroatoms. The lowest BCUT2D eigenvalue weighted by Gasteiger charge is -2.03. The monoisotopic (exact) mass is 256 g/mol. The van der Waals surface area contributed by atoms with Gasteiger partial charge in [-0.15, -0.1) is 0 Å². The maximum Gasteiger partial charge on any atom is 0.117 e. The molecule has 0 saturated carbocycles. The van der Waals surface area contributed by atoms with Crippen molar-refractivity contribution in [1.29, 1.82) is 0 Å². The number of hydrogen-bond donors (Lipinski definition) is 1. The van der Waals surface area contributed by atoms with Crippen molar-refractivity contribution in [2.75, 3.05) is 0 Å². The second-order valence-electron chi connectivity index (χ2n) is 3.31. The van der Waals surface area contributed by atoms with Gasteiger partial charge >= 0.3 is 0 Å². The molecule has 0 aliphatic rings. The molecule has 86 valence electrons. The minimum absolute atomic E-state index is 0. The molecular formula is C12H12Cl2NO-. The molecule has 1 aromatic carbocycles. The van der Waals surface area contributed by atoms with Gasteiger partial charge in [-0.2, -0.15) is 0 Å². The number of nitrogens with one attached hydrogen (secondary N) is 1. The quantitative estimate of drug-likeness (QED) is 0.848. The van der Waals surface area contributed by atoms with Crippen LogP contribution in [0.4, 0.5) is 0 Å². The molecular weight excluding hydrogens is 245 g/mol. The smallest absolute Gasteiger partial charge is 0.117 e. The first-order valence-electron chi connectivity index (χ1n) is 4.82. The molecule has 0 aliphatic heterocycles. The second-order valence-corrected chi connectivity index (χ2v) is 3.75. The topological polar surface area (TPSA) is 25.2 Å². The first-order valence-corrected chi connectivity index (χ1v) is 5.20. The van der Waals surface area contributed by atoms with E-state index < -0.39 is 0 Å². The van der Waals surface area contributed by atoms with E-state index in [0.717, 1.165) is 23.9 Å². The zero-order chi connectivity index (χ0) is 10.5. The van der Waals surface area contributed by atoms with Crippen molar-refractivity contribution in [3.05, 3.63) is 59.0 Å². The lowest BCUT2D eigenvalue weighted by molar-refractivity contribution is -0.00000349. The summed E-state index contributed by atoms with van der Waals surface area (Å²) < 4.78 is 5.21. The Labute approximate surface area is 106 Å². The summed E-state index contributed by atoms with van der Waals surface area (Å²) in [5.41, 5.74) is 1.18. The summed E-state index contributed by atoms with van der Waals surface area (Å²) in [7, 11) is 0. The minimum atomic E-state index is 0. The summed E-state index contributed by atoms with van der Waals surface area (Å²) in [6.45, 7) is 1.53. The van der Waals surface area contributed by atoms with Crippen molar-refractivity contribution >= 4 is 11.6 Å². The average molecular weight is 257 g/mol. The van der Waals surface area contributed by atoms with Crippen LogP contribution in [0.2, 0.25) is 5.02 Å². The van der Waals surface area contributed by atoms with Crippen LogP contribution >= 0.6 is 11.6 Å². The molecule has 1 N–H and O–H groups in total. The van der Waals surface area contributed by atoms with Gasteiger partial charge in [-0.3, -0.25) is 0 Å². The number of hydrogen-bond acceptors (Lipinski definition) is 2. The number of halogens is 2. The van der Waals surface area contributed by atoms with Crippen LogP contribution in [0, 0.1) is 0 Å². The largest absolute Gasteiger partial charge is 1.00 e. The van der Waals surface area contributed by atoms with Gasteiger partial charge in [-0.1, -0.05) is 23.7 Å². The maximum absolute atomic E-state index is 5.88. The van der Waals surface area contributed by atoms with Gasteiger partial charge in [-0.25, -0.2) is 0 Å². The van der Waals surface area contributed by atoms with Crippen LogP contribution in [0.5, 0.6) is 0 Å². The van der Waals surface area contributed by atoms with Crippen molar-refractivity contribution in [3.63, 3.8) is 0 Å². The first-order chi connectivity index (χ1) is 7.34. The molecule has 1 aromatic heterocycles. The van der Waals surface area contributed by atoms with Crippen LogP contribution in [0.3, 0.4) is 0 Å². The molecule has 16 heavy (non-hydrogen) atoms. The molecule has 0 bridgehead atoms. The molecule has 0 aliphatic carbocycles. The van der Waals surface area contributed by atoms with E-state index in [2.05, 4.69) is 5.32 Å². The molecule has 2 aromatic rings. The van der Waals surface area contributed by atoms with Gasteiger partial charge in [0.1, 0.15) is 5.76 Å². The number of furan rings is 1. The molecule has 0 saturated heterocycles. The van der Waals surface area contributed by atoms with E-state index in [1.54, 1.807) is 6.26 Å². The Hall–Kier alpha value is -0.960. The van der Waals surface area contributed by atoms with Crippen LogP contribution in [-0.4, -0.2) is 0 Å². The molecule has 1 heterocycles. The molecule has 0 spiro atoms. The fourth-order valence-corrected chi connectivity index (χ4v) is 1.60. The third-order valence-corrected chi connectivity index (χ3v) is 2.33. The summed E-state index contributed by atoms with van der Waals surface area (Å²) in [5, 5.41) is 4.05. The number of rotatable bonds is 4. The summed E-state index contributed by atoms with van der Waals surface area (Å²) >= 11 is 5.88. The molecule has 0 unspecified atom stereocenters. The van der Waals surface area contributed by atoms with E-state index in [1.807, 2.05) is 36.4 Å². The highest BCUT2D eigenvalue weighted by Crippen LogP contribution is 2.10. The predicted octanol–water partition coefficient (Wildman–Crippen LogP) is 0.227. The Morgan fingerprint density at radius 2 is 2.00 bits per heavy atom. The highest BCUT2D eigenvalue weighted by molar-refractivity contribution is 6.30. The zero-order valence-corrected chi connectivity index (χ0v) is 10.1. The standard InChI is InChI=1S/C12H12ClNO.ClH/c13-11-4-1-3-10(7-11)8-14-9-12-5-2-6-15-12;/h1-7,14H,8-9H2;1H/p-1. The number of benzene rings is 1. The van der Waals surface area contributed by atoms with Crippen molar-refractivity contribution < 1.29 is 16.8 Å². The minimum Gasteiger partial charge on any atom is -1.00 e. The Kier molecular flexibility index (Phi) is 5.39. The summed E-state index contributed by atoms with van der Waals surface area (Å²) in [6, 6.07) is 11.7. The lowest BCUT2D eigenvalue weighted by Crippen LogP contribution is -3.00. The van der Waals surface area contributed by atoms with Gasteiger partial charge in [0.25, 0.3) is 0 Å². The lowest BCUT2D eigenvalue weighted by atomic mass is 10.2. The fourth-order valence-electron chi connectivity index (χ4n) is 1.39. The third kappa shape index (κ3) is 3.89. The second kappa shape index (κ2) is 6.59. The Balaban J connectivity index is 0.00000128. The van der Waals surface area contributed by atoms with E-state index in [1.165, 1.54) is 5.56 Å². The van der Waals surface area contributed by atoms with E-state index in [0.29, 0.717) is 0 Å². The normalized spacial score (nSPS) is 9.81. The van der Waals surface area contributed by atoms with Gasteiger partial charge in [0.15, 0.2) is 0 Å². The van der Waals surface area contributed by atoms with Crippen molar-refractivity contribution in [2.24, 2.45) is 0 Å². The molecule has 0 radical (unpaired) electrons. The first kappa shape index (κ1) is 13.1. The SMILES string of the molecule is Clc1cccc(CNCc2ccco2)c1.[Cl-]. The molecule has 0 atom stereocenters. The highest BCUT2D eigenvalue weighted by atomic mass is 35.5. The Bertz CT molecular complexity index is 415. The maximum atomic E-state index is 5.88. The van der Waals surface area contributed by atoms with E-state index >= 15 is 0 Å². The summed E-state index contributed by atoms with van der Waals surface area (Å²) in [4.78, 5) is 0. The van der Waals surface area contributed by atoms with Crippen LogP contribution in [0.15, 0.2) is 47.1 Å². The summed E-state index contributed by atoms with van der Waals surface area (Å²) in [5.74, 6) is 0.942. The van der Waals surface area contributed by atoms with Gasteiger partial charge in [-0.05, 0) is 29.8 Å². The van der Waals surface area contributed by atoms with E-state index in [4.69, 9.17) is 16.0 Å². The van der Waals surface area contributed by atoms with Gasteiger partial charge < -0.3 is 22.1 Å². The van der Waals surface area contributed by atoms with Gasteiger partial charge in [0.2, 0.25) is 0 Å². The van der Waals surface area contributed by atoms with Crippen LogP contribution in [-0.2, 0) is 13.1 Å². The summed E-state index contributed by atoms with van der Waals surface area (Å²) in [6.07, 6.45) is 1.68. The molecule has 2 rings (SSSR count). The van der Waals surface area contributed by atoms with Crippen LogP contribution in [0.25, 0.3) is 0 Å². The van der Waals surface area contributed by atoms with Gasteiger partial charge in [0.05, 0.1) is 12.8 Å². The third-order valence-electron chi connectivity index (χ3n) is 2.10. The Morgan fingerprint density at radius 3 is 2.69 bits per heavy atom. The van der Waals surface area contributed by atoms with Crippen LogP contribution < -0.4 is 17.7 Å². The predicted molar refractivity (Wildman–Crippen MR) is 60.7 cm³/mol. The molecule has 2 nitrogen and oxygen atoms in total. The van der Waals surface area contributed by atoms with Crippen molar-refractivity contribution in [2.45, 2.75) is 13.1 Å². The zero-order valence-electron chi connectivity index (χ0n) is 8.62. The average Bonchev–Trinajstić information content (AvgIpc) is 2.71. The molecule has 0 amide bonds. The van der Waals surface area contributed by atoms with Crippen LogP contribution in [0.1, 0.15) is 11.3 Å². The molecule has 0 fully saturated rings. The van der Waals surface area contributed by atoms with Gasteiger partial charge in [0, 0.05) is 11.6 Å². The Morgan fingerprint density at radius 1 is 1.12 bits per heavy atom. The highest BCUT2D eigenvalue weighted by Gasteiger charge is 1.96.